The molecule has 1 aliphatic rings. The molecule has 2 aromatic carbocycles. The lowest BCUT2D eigenvalue weighted by atomic mass is 10.00. The zero-order valence-electron chi connectivity index (χ0n) is 17.5. The van der Waals surface area contributed by atoms with Crippen LogP contribution in [0.5, 0.6) is 0 Å². The standard InChI is InChI=1S/C23H18ClF2N5S/c1-12-13(2)32-22-20(12)21(16-5-7-17(24)8-6-16)29-30(23-28-27-14(3)31(22)23)11-15-4-9-18(25)19(26)10-15/h4-10H,11H2,1-3H3. The molecule has 0 fully saturated rings. The van der Waals surface area contributed by atoms with Crippen molar-refractivity contribution < 1.29 is 8.78 Å². The molecule has 0 saturated carbocycles. The topological polar surface area (TPSA) is 46.3 Å². The quantitative estimate of drug-likeness (QED) is 0.372. The third-order valence-electron chi connectivity index (χ3n) is 5.50. The first-order valence-corrected chi connectivity index (χ1v) is 11.1. The van der Waals surface area contributed by atoms with Crippen LogP contribution in [0.4, 0.5) is 14.7 Å². The van der Waals surface area contributed by atoms with E-state index in [1.165, 1.54) is 10.9 Å². The second kappa shape index (κ2) is 7.79. The van der Waals surface area contributed by atoms with Crippen LogP contribution in [0.3, 0.4) is 0 Å². The molecule has 3 heterocycles. The minimum atomic E-state index is -0.901. The van der Waals surface area contributed by atoms with Crippen LogP contribution in [-0.2, 0) is 6.54 Å². The molecule has 0 bridgehead atoms. The number of anilines is 1. The van der Waals surface area contributed by atoms with Crippen molar-refractivity contribution >= 4 is 34.6 Å². The SMILES string of the molecule is Cc1sc2c(c1C)C(c1ccc(Cl)cc1)=NN(Cc1ccc(F)c(F)c1)c1nnc(C)n1-2. The number of benzene rings is 2. The van der Waals surface area contributed by atoms with Crippen LogP contribution >= 0.6 is 22.9 Å². The van der Waals surface area contributed by atoms with Crippen LogP contribution in [0.2, 0.25) is 5.02 Å². The summed E-state index contributed by atoms with van der Waals surface area (Å²) >= 11 is 7.77. The van der Waals surface area contributed by atoms with E-state index in [0.717, 1.165) is 33.5 Å². The molecule has 0 aliphatic carbocycles. The number of hydrogen-bond acceptors (Lipinski definition) is 5. The number of nitrogens with zero attached hydrogens (tertiary/aromatic N) is 5. The number of aromatic nitrogens is 3. The fourth-order valence-electron chi connectivity index (χ4n) is 3.74. The van der Waals surface area contributed by atoms with Crippen molar-refractivity contribution in [3.05, 3.63) is 92.1 Å². The highest BCUT2D eigenvalue weighted by atomic mass is 35.5. The second-order valence-corrected chi connectivity index (χ2v) is 9.25. The fraction of sp³-hybridized carbons (Fsp3) is 0.174. The molecule has 1 aliphatic heterocycles. The Kier molecular flexibility index (Phi) is 5.06. The molecule has 0 spiro atoms. The number of aryl methyl sites for hydroxylation is 2. The van der Waals surface area contributed by atoms with E-state index in [-0.39, 0.29) is 6.54 Å². The molecule has 5 nitrogen and oxygen atoms in total. The van der Waals surface area contributed by atoms with Gasteiger partial charge in [-0.15, -0.1) is 21.5 Å². The summed E-state index contributed by atoms with van der Waals surface area (Å²) in [5.74, 6) is -0.561. The van der Waals surface area contributed by atoms with Crippen LogP contribution < -0.4 is 5.01 Å². The summed E-state index contributed by atoms with van der Waals surface area (Å²) in [4.78, 5) is 1.17. The van der Waals surface area contributed by atoms with Gasteiger partial charge in [-0.1, -0.05) is 29.8 Å². The van der Waals surface area contributed by atoms with Gasteiger partial charge in [0.15, 0.2) is 11.6 Å². The first kappa shape index (κ1) is 20.8. The van der Waals surface area contributed by atoms with E-state index >= 15 is 0 Å². The largest absolute Gasteiger partial charge is 0.254 e. The van der Waals surface area contributed by atoms with Crippen LogP contribution in [0.25, 0.3) is 5.00 Å². The Hall–Kier alpha value is -3.10. The first-order chi connectivity index (χ1) is 15.3. The summed E-state index contributed by atoms with van der Waals surface area (Å²) < 4.78 is 29.3. The van der Waals surface area contributed by atoms with Gasteiger partial charge in [0.1, 0.15) is 16.5 Å². The van der Waals surface area contributed by atoms with E-state index in [1.54, 1.807) is 22.4 Å². The highest BCUT2D eigenvalue weighted by Gasteiger charge is 2.30. The van der Waals surface area contributed by atoms with E-state index < -0.39 is 11.6 Å². The number of thiophene rings is 1. The molecule has 0 unspecified atom stereocenters. The maximum Gasteiger partial charge on any atom is 0.253 e. The van der Waals surface area contributed by atoms with Crippen molar-refractivity contribution in [2.75, 3.05) is 5.01 Å². The molecule has 4 aromatic rings. The molecular formula is C23H18ClF2N5S. The smallest absolute Gasteiger partial charge is 0.253 e. The monoisotopic (exact) mass is 469 g/mol. The van der Waals surface area contributed by atoms with Gasteiger partial charge in [0.05, 0.1) is 6.54 Å². The Balaban J connectivity index is 1.74. The predicted molar refractivity (Wildman–Crippen MR) is 123 cm³/mol. The predicted octanol–water partition coefficient (Wildman–Crippen LogP) is 5.96. The lowest BCUT2D eigenvalue weighted by Crippen LogP contribution is -2.21. The normalized spacial score (nSPS) is 12.9. The van der Waals surface area contributed by atoms with Gasteiger partial charge in [0, 0.05) is 21.0 Å². The third kappa shape index (κ3) is 3.40. The van der Waals surface area contributed by atoms with Crippen molar-refractivity contribution in [1.29, 1.82) is 0 Å². The molecule has 162 valence electrons. The van der Waals surface area contributed by atoms with Crippen LogP contribution in [0, 0.1) is 32.4 Å². The Labute approximate surface area is 192 Å². The van der Waals surface area contributed by atoms with Gasteiger partial charge in [-0.3, -0.25) is 4.57 Å². The molecule has 0 saturated heterocycles. The minimum absolute atomic E-state index is 0.194. The summed E-state index contributed by atoms with van der Waals surface area (Å²) in [6, 6.07) is 11.3. The lowest BCUT2D eigenvalue weighted by Gasteiger charge is -2.18. The fourth-order valence-corrected chi connectivity index (χ4v) is 5.07. The Morgan fingerprint density at radius 2 is 1.72 bits per heavy atom. The van der Waals surface area contributed by atoms with Gasteiger partial charge >= 0.3 is 0 Å². The van der Waals surface area contributed by atoms with Crippen molar-refractivity contribution in [3.63, 3.8) is 0 Å². The Morgan fingerprint density at radius 1 is 0.969 bits per heavy atom. The molecule has 0 amide bonds. The summed E-state index contributed by atoms with van der Waals surface area (Å²) in [6.07, 6.45) is 0. The number of halogens is 3. The van der Waals surface area contributed by atoms with Crippen molar-refractivity contribution in [1.82, 2.24) is 14.8 Å². The molecule has 2 aromatic heterocycles. The Morgan fingerprint density at radius 3 is 2.44 bits per heavy atom. The summed E-state index contributed by atoms with van der Waals surface area (Å²) in [5.41, 5.74) is 4.32. The maximum absolute atomic E-state index is 13.9. The zero-order chi connectivity index (χ0) is 22.6. The first-order valence-electron chi connectivity index (χ1n) is 9.92. The van der Waals surface area contributed by atoms with Crippen molar-refractivity contribution in [2.24, 2.45) is 5.10 Å². The molecule has 9 heteroatoms. The second-order valence-electron chi connectivity index (χ2n) is 7.61. The van der Waals surface area contributed by atoms with E-state index in [1.807, 2.05) is 35.8 Å². The number of hydrogen-bond donors (Lipinski definition) is 0. The van der Waals surface area contributed by atoms with Crippen molar-refractivity contribution in [2.45, 2.75) is 27.3 Å². The number of hydrazone groups is 1. The van der Waals surface area contributed by atoms with Gasteiger partial charge in [-0.05, 0) is 56.2 Å². The maximum atomic E-state index is 13.9. The summed E-state index contributed by atoms with van der Waals surface area (Å²) in [6.45, 7) is 6.22. The Bertz CT molecular complexity index is 1370. The molecule has 0 N–H and O–H groups in total. The average molecular weight is 470 g/mol. The van der Waals surface area contributed by atoms with E-state index in [2.05, 4.69) is 24.0 Å². The van der Waals surface area contributed by atoms with Crippen molar-refractivity contribution in [3.8, 4) is 5.00 Å². The highest BCUT2D eigenvalue weighted by Crippen LogP contribution is 2.38. The minimum Gasteiger partial charge on any atom is -0.254 e. The van der Waals surface area contributed by atoms with Crippen LogP contribution in [0.15, 0.2) is 47.6 Å². The molecular weight excluding hydrogens is 452 g/mol. The van der Waals surface area contributed by atoms with Gasteiger partial charge in [0.2, 0.25) is 0 Å². The van der Waals surface area contributed by atoms with Gasteiger partial charge in [0.25, 0.3) is 5.95 Å². The van der Waals surface area contributed by atoms with Crippen LogP contribution in [-0.4, -0.2) is 20.5 Å². The lowest BCUT2D eigenvalue weighted by molar-refractivity contribution is 0.507. The molecule has 0 radical (unpaired) electrons. The number of rotatable bonds is 3. The molecule has 5 rings (SSSR count). The molecule has 0 atom stereocenters. The molecule has 32 heavy (non-hydrogen) atoms. The average Bonchev–Trinajstić information content (AvgIpc) is 3.24. The van der Waals surface area contributed by atoms with Gasteiger partial charge in [-0.2, -0.15) is 5.10 Å². The van der Waals surface area contributed by atoms with Crippen LogP contribution in [0.1, 0.15) is 33.0 Å². The summed E-state index contributed by atoms with van der Waals surface area (Å²) in [7, 11) is 0. The van der Waals surface area contributed by atoms with Gasteiger partial charge < -0.3 is 0 Å². The third-order valence-corrected chi connectivity index (χ3v) is 6.94. The zero-order valence-corrected chi connectivity index (χ0v) is 19.1. The van der Waals surface area contributed by atoms with E-state index in [0.29, 0.717) is 22.4 Å². The van der Waals surface area contributed by atoms with E-state index in [4.69, 9.17) is 16.7 Å². The van der Waals surface area contributed by atoms with Gasteiger partial charge in [-0.25, -0.2) is 13.8 Å². The summed E-state index contributed by atoms with van der Waals surface area (Å²) in [5, 5.41) is 16.9. The highest BCUT2D eigenvalue weighted by molar-refractivity contribution is 7.15. The van der Waals surface area contributed by atoms with E-state index in [9.17, 15) is 8.78 Å². The number of fused-ring (bicyclic) bond motifs is 3.